The van der Waals surface area contributed by atoms with Crippen LogP contribution in [0.5, 0.6) is 0 Å². The topological polar surface area (TPSA) is 132 Å². The van der Waals surface area contributed by atoms with Gasteiger partial charge in [-0.15, -0.1) is 0 Å². The average Bonchev–Trinajstić information content (AvgIpc) is 3.05. The molecule has 4 aromatic rings. The molecule has 150 valence electrons. The molecule has 30 heavy (non-hydrogen) atoms. The summed E-state index contributed by atoms with van der Waals surface area (Å²) in [6, 6.07) is 14.6. The van der Waals surface area contributed by atoms with Crippen LogP contribution in [0.4, 0.5) is 5.69 Å². The highest BCUT2D eigenvalue weighted by atomic mass is 16.2. The smallest absolute Gasteiger partial charge is 0.333 e. The molecule has 0 bridgehead atoms. The molecule has 2 heterocycles. The molecule has 9 nitrogen and oxygen atoms in total. The van der Waals surface area contributed by atoms with Crippen LogP contribution < -0.4 is 22.3 Å². The Morgan fingerprint density at radius 1 is 1.00 bits per heavy atom. The third kappa shape index (κ3) is 3.18. The first-order chi connectivity index (χ1) is 14.4. The van der Waals surface area contributed by atoms with Gasteiger partial charge in [-0.1, -0.05) is 18.2 Å². The van der Waals surface area contributed by atoms with Crippen molar-refractivity contribution in [2.45, 2.75) is 0 Å². The number of hydrogen-bond donors (Lipinski definition) is 3. The maximum absolute atomic E-state index is 13.0. The Morgan fingerprint density at radius 3 is 2.30 bits per heavy atom. The molecule has 0 fully saturated rings. The molecule has 4 N–H and O–H groups in total. The zero-order valence-corrected chi connectivity index (χ0v) is 15.9. The van der Waals surface area contributed by atoms with Gasteiger partial charge in [0.1, 0.15) is 5.52 Å². The van der Waals surface area contributed by atoms with Gasteiger partial charge in [0.2, 0.25) is 5.91 Å². The van der Waals surface area contributed by atoms with Crippen LogP contribution in [0.1, 0.15) is 20.7 Å². The number of H-pyrrole nitrogens is 1. The van der Waals surface area contributed by atoms with Gasteiger partial charge in [-0.25, -0.2) is 9.36 Å². The summed E-state index contributed by atoms with van der Waals surface area (Å²) in [6.07, 6.45) is 1.48. The van der Waals surface area contributed by atoms with Gasteiger partial charge in [0, 0.05) is 24.5 Å². The minimum Gasteiger partial charge on any atom is -0.366 e. The lowest BCUT2D eigenvalue weighted by molar-refractivity contribution is 0.0998. The van der Waals surface area contributed by atoms with E-state index in [1.807, 2.05) is 0 Å². The fraction of sp³-hybridized carbons (Fsp3) is 0.0476. The normalized spacial score (nSPS) is 10.8. The third-order valence-electron chi connectivity index (χ3n) is 4.71. The summed E-state index contributed by atoms with van der Waals surface area (Å²) in [7, 11) is 1.62. The summed E-state index contributed by atoms with van der Waals surface area (Å²) < 4.78 is 2.52. The van der Waals surface area contributed by atoms with E-state index in [4.69, 9.17) is 5.73 Å². The van der Waals surface area contributed by atoms with Crippen molar-refractivity contribution in [3.63, 3.8) is 0 Å². The highest BCUT2D eigenvalue weighted by Crippen LogP contribution is 2.17. The van der Waals surface area contributed by atoms with E-state index in [0.29, 0.717) is 16.9 Å². The molecule has 0 atom stereocenters. The van der Waals surface area contributed by atoms with Crippen LogP contribution in [0.3, 0.4) is 0 Å². The van der Waals surface area contributed by atoms with Gasteiger partial charge in [-0.2, -0.15) is 0 Å². The van der Waals surface area contributed by atoms with E-state index < -0.39 is 23.1 Å². The van der Waals surface area contributed by atoms with Crippen LogP contribution in [0.2, 0.25) is 0 Å². The zero-order chi connectivity index (χ0) is 21.4. The molecule has 0 aliphatic heterocycles. The molecule has 0 aliphatic carbocycles. The minimum absolute atomic E-state index is 0.140. The molecule has 2 amide bonds. The second-order valence-electron chi connectivity index (χ2n) is 6.68. The van der Waals surface area contributed by atoms with Gasteiger partial charge in [0.15, 0.2) is 0 Å². The number of nitrogens with one attached hydrogen (secondary N) is 2. The Bertz CT molecular complexity index is 1400. The van der Waals surface area contributed by atoms with E-state index in [1.165, 1.54) is 35.0 Å². The Balaban J connectivity index is 1.77. The first-order valence-electron chi connectivity index (χ1n) is 8.98. The Morgan fingerprint density at radius 2 is 1.67 bits per heavy atom. The number of para-hydroxylation sites is 1. The number of rotatable bonds is 4. The number of anilines is 1. The van der Waals surface area contributed by atoms with Crippen molar-refractivity contribution in [1.29, 1.82) is 0 Å². The molecule has 0 aliphatic rings. The Labute approximate surface area is 169 Å². The number of nitrogens with zero attached hydrogens (tertiary/aromatic N) is 2. The fourth-order valence-corrected chi connectivity index (χ4v) is 3.27. The predicted octanol–water partition coefficient (Wildman–Crippen LogP) is 1.37. The predicted molar refractivity (Wildman–Crippen MR) is 112 cm³/mol. The number of carbonyl (C=O) groups is 2. The van der Waals surface area contributed by atoms with Gasteiger partial charge in [-0.05, 0) is 36.4 Å². The maximum Gasteiger partial charge on any atom is 0.333 e. The molecule has 0 radical (unpaired) electrons. The van der Waals surface area contributed by atoms with Gasteiger partial charge in [-0.3, -0.25) is 14.4 Å². The molecule has 0 spiro atoms. The largest absolute Gasteiger partial charge is 0.366 e. The lowest BCUT2D eigenvalue weighted by atomic mass is 10.2. The van der Waals surface area contributed by atoms with Gasteiger partial charge >= 0.3 is 5.69 Å². The van der Waals surface area contributed by atoms with Crippen molar-refractivity contribution in [2.24, 2.45) is 12.8 Å². The van der Waals surface area contributed by atoms with Crippen molar-refractivity contribution < 1.29 is 9.59 Å². The maximum atomic E-state index is 13.0. The number of nitrogens with two attached hydrogens (primary N) is 1. The van der Waals surface area contributed by atoms with E-state index in [9.17, 15) is 19.2 Å². The molecular weight excluding hydrogens is 386 g/mol. The Kier molecular flexibility index (Phi) is 4.55. The second-order valence-corrected chi connectivity index (χ2v) is 6.68. The molecule has 0 unspecified atom stereocenters. The van der Waals surface area contributed by atoms with E-state index >= 15 is 0 Å². The van der Waals surface area contributed by atoms with Crippen LogP contribution in [0.15, 0.2) is 70.4 Å². The molecule has 4 rings (SSSR count). The number of fused-ring (bicyclic) bond motifs is 1. The summed E-state index contributed by atoms with van der Waals surface area (Å²) in [4.78, 5) is 52.2. The zero-order valence-electron chi connectivity index (χ0n) is 15.9. The number of aryl methyl sites for hydroxylation is 1. The van der Waals surface area contributed by atoms with E-state index in [1.54, 1.807) is 37.4 Å². The summed E-state index contributed by atoms with van der Waals surface area (Å²) in [6.45, 7) is 0. The van der Waals surface area contributed by atoms with Crippen LogP contribution in [0, 0.1) is 0 Å². The van der Waals surface area contributed by atoms with Crippen molar-refractivity contribution >= 4 is 28.5 Å². The SMILES string of the molecule is Cn1cc(C(=O)Nc2ccc(C(N)=O)cc2)c2[nH]c(=O)n(-c3ccccc3)c(=O)c21. The minimum atomic E-state index is -0.648. The second kappa shape index (κ2) is 7.21. The number of carbonyl (C=O) groups excluding carboxylic acids is 2. The van der Waals surface area contributed by atoms with E-state index in [2.05, 4.69) is 10.3 Å². The first kappa shape index (κ1) is 18.9. The number of hydrogen-bond acceptors (Lipinski definition) is 4. The molecule has 2 aromatic heterocycles. The van der Waals surface area contributed by atoms with Gasteiger partial charge in [0.05, 0.1) is 16.8 Å². The Hall–Kier alpha value is -4.40. The highest BCUT2D eigenvalue weighted by molar-refractivity contribution is 6.11. The van der Waals surface area contributed by atoms with Gasteiger partial charge in [0.25, 0.3) is 11.5 Å². The highest BCUT2D eigenvalue weighted by Gasteiger charge is 2.20. The number of amides is 2. The summed E-state index contributed by atoms with van der Waals surface area (Å²) >= 11 is 0. The van der Waals surface area contributed by atoms with E-state index in [-0.39, 0.29) is 16.6 Å². The monoisotopic (exact) mass is 403 g/mol. The lowest BCUT2D eigenvalue weighted by Crippen LogP contribution is -2.34. The van der Waals surface area contributed by atoms with Crippen molar-refractivity contribution in [3.8, 4) is 5.69 Å². The average molecular weight is 403 g/mol. The summed E-state index contributed by atoms with van der Waals surface area (Å²) in [5.74, 6) is -1.09. The van der Waals surface area contributed by atoms with Crippen LogP contribution in [-0.2, 0) is 7.05 Å². The number of aromatic nitrogens is 3. The van der Waals surface area contributed by atoms with Crippen LogP contribution in [0.25, 0.3) is 16.7 Å². The molecule has 2 aromatic carbocycles. The molecule has 0 saturated carbocycles. The lowest BCUT2D eigenvalue weighted by Gasteiger charge is -2.06. The van der Waals surface area contributed by atoms with Crippen molar-refractivity contribution in [3.05, 3.63) is 92.8 Å². The quantitative estimate of drug-likeness (QED) is 0.475. The summed E-state index contributed by atoms with van der Waals surface area (Å²) in [5, 5.41) is 2.68. The van der Waals surface area contributed by atoms with E-state index in [0.717, 1.165) is 4.57 Å². The van der Waals surface area contributed by atoms with Crippen LogP contribution >= 0.6 is 0 Å². The first-order valence-corrected chi connectivity index (χ1v) is 8.98. The summed E-state index contributed by atoms with van der Waals surface area (Å²) in [5.41, 5.74) is 5.66. The van der Waals surface area contributed by atoms with Crippen molar-refractivity contribution in [1.82, 2.24) is 14.1 Å². The number of benzene rings is 2. The number of aromatic amines is 1. The third-order valence-corrected chi connectivity index (χ3v) is 4.71. The van der Waals surface area contributed by atoms with Gasteiger partial charge < -0.3 is 20.6 Å². The standard InChI is InChI=1S/C21H17N5O4/c1-25-11-15(19(28)23-13-9-7-12(8-10-13)18(22)27)16-17(25)20(29)26(21(30)24-16)14-5-3-2-4-6-14/h2-11H,1H3,(H2,22,27)(H,23,28)(H,24,30). The fourth-order valence-electron chi connectivity index (χ4n) is 3.27. The number of primary amides is 1. The van der Waals surface area contributed by atoms with Crippen LogP contribution in [-0.4, -0.2) is 25.9 Å². The van der Waals surface area contributed by atoms with Crippen molar-refractivity contribution in [2.75, 3.05) is 5.32 Å². The molecule has 0 saturated heterocycles. The molecular formula is C21H17N5O4. The molecule has 9 heteroatoms.